The molecule has 0 unspecified atom stereocenters. The predicted molar refractivity (Wildman–Crippen MR) is 110 cm³/mol. The van der Waals surface area contributed by atoms with Crippen LogP contribution in [0, 0.1) is 26.6 Å². The lowest BCUT2D eigenvalue weighted by molar-refractivity contribution is 0.481. The van der Waals surface area contributed by atoms with Crippen molar-refractivity contribution in [2.45, 2.75) is 20.8 Å². The average molecular weight is 389 g/mol. The number of pyridine rings is 1. The third-order valence-electron chi connectivity index (χ3n) is 4.58. The number of aromatic amines is 1. The lowest BCUT2D eigenvalue weighted by Gasteiger charge is -2.07. The highest BCUT2D eigenvalue weighted by Crippen LogP contribution is 2.26. The smallest absolute Gasteiger partial charge is 0.246 e. The fraction of sp³-hybridized carbons (Fsp3) is 0.136. The van der Waals surface area contributed by atoms with Crippen molar-refractivity contribution in [3.05, 3.63) is 77.4 Å². The Balaban J connectivity index is 1.48. The number of ether oxygens (including phenoxy) is 1. The van der Waals surface area contributed by atoms with Crippen LogP contribution in [-0.2, 0) is 0 Å². The standard InChI is InChI=1S/C22H20FN5O/c1-13-10-17(12-20(23)15(13)3)25-22-26-21(27-28-22)16-4-6-18(7-5-16)29-19-8-9-24-14(2)11-19/h4-12H,1-3H3,(H2,25,26,27,28). The van der Waals surface area contributed by atoms with Gasteiger partial charge in [0.15, 0.2) is 5.82 Å². The Morgan fingerprint density at radius 3 is 2.48 bits per heavy atom. The van der Waals surface area contributed by atoms with E-state index in [2.05, 4.69) is 25.5 Å². The summed E-state index contributed by atoms with van der Waals surface area (Å²) in [5, 5.41) is 10.1. The van der Waals surface area contributed by atoms with Crippen LogP contribution in [0.15, 0.2) is 54.7 Å². The Hall–Kier alpha value is -3.74. The van der Waals surface area contributed by atoms with Crippen molar-refractivity contribution < 1.29 is 9.13 Å². The maximum absolute atomic E-state index is 13.9. The van der Waals surface area contributed by atoms with Gasteiger partial charge in [0, 0.05) is 29.2 Å². The van der Waals surface area contributed by atoms with Crippen molar-refractivity contribution in [3.8, 4) is 22.9 Å². The van der Waals surface area contributed by atoms with Gasteiger partial charge >= 0.3 is 0 Å². The zero-order valence-corrected chi connectivity index (χ0v) is 16.3. The van der Waals surface area contributed by atoms with Crippen LogP contribution in [0.4, 0.5) is 16.0 Å². The first-order chi connectivity index (χ1) is 14.0. The summed E-state index contributed by atoms with van der Waals surface area (Å²) in [6, 6.07) is 14.5. The van der Waals surface area contributed by atoms with Gasteiger partial charge in [-0.1, -0.05) is 0 Å². The molecule has 0 saturated carbocycles. The second-order valence-electron chi connectivity index (χ2n) is 6.79. The molecule has 0 bridgehead atoms. The Morgan fingerprint density at radius 2 is 1.76 bits per heavy atom. The molecule has 0 spiro atoms. The van der Waals surface area contributed by atoms with Crippen LogP contribution in [0.3, 0.4) is 0 Å². The number of benzene rings is 2. The van der Waals surface area contributed by atoms with E-state index in [-0.39, 0.29) is 5.82 Å². The number of aromatic nitrogens is 4. The summed E-state index contributed by atoms with van der Waals surface area (Å²) in [6.45, 7) is 5.53. The predicted octanol–water partition coefficient (Wildman–Crippen LogP) is 5.47. The van der Waals surface area contributed by atoms with Gasteiger partial charge in [0.05, 0.1) is 0 Å². The molecule has 2 aromatic carbocycles. The monoisotopic (exact) mass is 389 g/mol. The first-order valence-electron chi connectivity index (χ1n) is 9.15. The number of hydrogen-bond acceptors (Lipinski definition) is 5. The van der Waals surface area contributed by atoms with Crippen LogP contribution in [0.5, 0.6) is 11.5 Å². The summed E-state index contributed by atoms with van der Waals surface area (Å²) in [5.41, 5.74) is 3.85. The lowest BCUT2D eigenvalue weighted by Crippen LogP contribution is -1.96. The van der Waals surface area contributed by atoms with Crippen molar-refractivity contribution in [3.63, 3.8) is 0 Å². The molecule has 2 N–H and O–H groups in total. The van der Waals surface area contributed by atoms with Crippen LogP contribution >= 0.6 is 0 Å². The molecule has 7 heteroatoms. The number of hydrogen-bond donors (Lipinski definition) is 2. The van der Waals surface area contributed by atoms with Crippen molar-refractivity contribution in [1.29, 1.82) is 0 Å². The molecule has 0 atom stereocenters. The van der Waals surface area contributed by atoms with Crippen LogP contribution in [0.2, 0.25) is 0 Å². The van der Waals surface area contributed by atoms with E-state index < -0.39 is 0 Å². The normalized spacial score (nSPS) is 10.8. The minimum atomic E-state index is -0.261. The third kappa shape index (κ3) is 4.24. The van der Waals surface area contributed by atoms with Gasteiger partial charge in [0.25, 0.3) is 0 Å². The molecule has 0 aliphatic heterocycles. The summed E-state index contributed by atoms with van der Waals surface area (Å²) >= 11 is 0. The van der Waals surface area contributed by atoms with Gasteiger partial charge in [0.1, 0.15) is 17.3 Å². The molecule has 2 aromatic heterocycles. The summed E-state index contributed by atoms with van der Waals surface area (Å²) in [7, 11) is 0. The number of halogens is 1. The van der Waals surface area contributed by atoms with Gasteiger partial charge in [-0.15, -0.1) is 5.10 Å². The first-order valence-corrected chi connectivity index (χ1v) is 9.15. The van der Waals surface area contributed by atoms with Crippen molar-refractivity contribution >= 4 is 11.6 Å². The van der Waals surface area contributed by atoms with E-state index in [9.17, 15) is 4.39 Å². The SMILES string of the molecule is Cc1cc(Oc2ccc(-c3nc(Nc4cc(C)c(C)c(F)c4)n[nH]3)cc2)ccn1. The number of rotatable bonds is 5. The zero-order valence-electron chi connectivity index (χ0n) is 16.3. The Morgan fingerprint density at radius 1 is 0.966 bits per heavy atom. The molecule has 0 amide bonds. The molecule has 0 fully saturated rings. The first kappa shape index (κ1) is 18.6. The average Bonchev–Trinajstić information content (AvgIpc) is 3.15. The maximum Gasteiger partial charge on any atom is 0.246 e. The Labute approximate surface area is 167 Å². The van der Waals surface area contributed by atoms with E-state index in [1.807, 2.05) is 56.3 Å². The van der Waals surface area contributed by atoms with Gasteiger partial charge in [0.2, 0.25) is 5.95 Å². The topological polar surface area (TPSA) is 75.7 Å². The molecular formula is C22H20FN5O. The van der Waals surface area contributed by atoms with Gasteiger partial charge in [-0.3, -0.25) is 10.1 Å². The van der Waals surface area contributed by atoms with Crippen LogP contribution in [-0.4, -0.2) is 20.2 Å². The van der Waals surface area contributed by atoms with E-state index in [4.69, 9.17) is 4.74 Å². The largest absolute Gasteiger partial charge is 0.457 e. The maximum atomic E-state index is 13.9. The van der Waals surface area contributed by atoms with E-state index in [0.29, 0.717) is 28.8 Å². The Bertz CT molecular complexity index is 1130. The number of aryl methyl sites for hydroxylation is 2. The molecule has 146 valence electrons. The molecule has 4 rings (SSSR count). The van der Waals surface area contributed by atoms with Crippen LogP contribution in [0.1, 0.15) is 16.8 Å². The molecule has 29 heavy (non-hydrogen) atoms. The fourth-order valence-electron chi connectivity index (χ4n) is 2.86. The minimum Gasteiger partial charge on any atom is -0.457 e. The van der Waals surface area contributed by atoms with E-state index >= 15 is 0 Å². The Kier molecular flexibility index (Phi) is 4.95. The third-order valence-corrected chi connectivity index (χ3v) is 4.58. The van der Waals surface area contributed by atoms with Crippen LogP contribution < -0.4 is 10.1 Å². The summed E-state index contributed by atoms with van der Waals surface area (Å²) in [4.78, 5) is 8.59. The minimum absolute atomic E-state index is 0.261. The highest BCUT2D eigenvalue weighted by atomic mass is 19.1. The molecule has 0 radical (unpaired) electrons. The number of anilines is 2. The van der Waals surface area contributed by atoms with E-state index in [0.717, 1.165) is 22.6 Å². The lowest BCUT2D eigenvalue weighted by atomic mass is 10.1. The van der Waals surface area contributed by atoms with E-state index in [1.54, 1.807) is 13.1 Å². The van der Waals surface area contributed by atoms with Gasteiger partial charge in [-0.05, 0) is 74.4 Å². The zero-order chi connectivity index (χ0) is 20.4. The number of H-pyrrole nitrogens is 1. The number of nitrogens with one attached hydrogen (secondary N) is 2. The molecule has 4 aromatic rings. The van der Waals surface area contributed by atoms with Gasteiger partial charge < -0.3 is 10.1 Å². The van der Waals surface area contributed by atoms with Gasteiger partial charge in [-0.25, -0.2) is 4.39 Å². The highest BCUT2D eigenvalue weighted by molar-refractivity contribution is 5.61. The molecule has 6 nitrogen and oxygen atoms in total. The van der Waals surface area contributed by atoms with Crippen molar-refractivity contribution in [2.24, 2.45) is 0 Å². The molecule has 0 saturated heterocycles. The fourth-order valence-corrected chi connectivity index (χ4v) is 2.86. The quantitative estimate of drug-likeness (QED) is 0.474. The molecule has 0 aliphatic carbocycles. The van der Waals surface area contributed by atoms with E-state index in [1.165, 1.54) is 6.07 Å². The van der Waals surface area contributed by atoms with Crippen molar-refractivity contribution in [1.82, 2.24) is 20.2 Å². The summed E-state index contributed by atoms with van der Waals surface area (Å²) in [5.74, 6) is 2.15. The summed E-state index contributed by atoms with van der Waals surface area (Å²) < 4.78 is 19.8. The van der Waals surface area contributed by atoms with Gasteiger partial charge in [-0.2, -0.15) is 4.98 Å². The molecular weight excluding hydrogens is 369 g/mol. The number of nitrogens with zero attached hydrogens (tertiary/aromatic N) is 3. The second kappa shape index (κ2) is 7.71. The van der Waals surface area contributed by atoms with Crippen molar-refractivity contribution in [2.75, 3.05) is 5.32 Å². The van der Waals surface area contributed by atoms with Crippen LogP contribution in [0.25, 0.3) is 11.4 Å². The highest BCUT2D eigenvalue weighted by Gasteiger charge is 2.09. The summed E-state index contributed by atoms with van der Waals surface area (Å²) in [6.07, 6.45) is 1.71. The molecule has 2 heterocycles. The second-order valence-corrected chi connectivity index (χ2v) is 6.79. The molecule has 0 aliphatic rings.